The number of halogens is 1. The Kier molecular flexibility index (Phi) is 3.00. The fourth-order valence-electron chi connectivity index (χ4n) is 2.18. The van der Waals surface area contributed by atoms with E-state index in [1.807, 2.05) is 18.2 Å². The molecule has 1 atom stereocenters. The number of benzene rings is 2. The van der Waals surface area contributed by atoms with E-state index in [1.165, 1.54) is 11.1 Å². The second-order valence-corrected chi connectivity index (χ2v) is 5.46. The normalized spacial score (nSPS) is 17.6. The van der Waals surface area contributed by atoms with Gasteiger partial charge in [-0.15, -0.1) is 0 Å². The summed E-state index contributed by atoms with van der Waals surface area (Å²) in [6.07, 6.45) is 0.0673. The van der Waals surface area contributed by atoms with Gasteiger partial charge in [-0.25, -0.2) is 0 Å². The molecule has 18 heavy (non-hydrogen) atoms. The van der Waals surface area contributed by atoms with Crippen LogP contribution in [0.15, 0.2) is 46.9 Å². The zero-order chi connectivity index (χ0) is 12.5. The highest BCUT2D eigenvalue weighted by molar-refractivity contribution is 9.10. The maximum absolute atomic E-state index is 6.04. The number of hydrogen-bond donors (Lipinski definition) is 1. The van der Waals surface area contributed by atoms with E-state index >= 15 is 0 Å². The van der Waals surface area contributed by atoms with Crippen LogP contribution in [0.5, 0.6) is 5.75 Å². The number of fused-ring (bicyclic) bond motifs is 1. The first-order valence-electron chi connectivity index (χ1n) is 5.99. The van der Waals surface area contributed by atoms with Crippen LogP contribution in [-0.4, -0.2) is 6.54 Å². The van der Waals surface area contributed by atoms with Crippen molar-refractivity contribution in [3.8, 4) is 5.75 Å². The average Bonchev–Trinajstić information content (AvgIpc) is 2.38. The van der Waals surface area contributed by atoms with Crippen molar-refractivity contribution in [2.24, 2.45) is 0 Å². The van der Waals surface area contributed by atoms with Gasteiger partial charge in [0.05, 0.1) is 12.2 Å². The van der Waals surface area contributed by atoms with Crippen LogP contribution in [-0.2, 0) is 0 Å². The van der Waals surface area contributed by atoms with Crippen LogP contribution >= 0.6 is 15.9 Å². The summed E-state index contributed by atoms with van der Waals surface area (Å²) in [6, 6.07) is 14.5. The highest BCUT2D eigenvalue weighted by Crippen LogP contribution is 2.35. The van der Waals surface area contributed by atoms with Crippen molar-refractivity contribution >= 4 is 21.6 Å². The molecule has 0 saturated heterocycles. The zero-order valence-electron chi connectivity index (χ0n) is 10.1. The monoisotopic (exact) mass is 303 g/mol. The summed E-state index contributed by atoms with van der Waals surface area (Å²) in [4.78, 5) is 0. The summed E-state index contributed by atoms with van der Waals surface area (Å²) in [6.45, 7) is 2.88. The van der Waals surface area contributed by atoms with Crippen molar-refractivity contribution in [1.29, 1.82) is 0 Å². The summed E-state index contributed by atoms with van der Waals surface area (Å²) < 4.78 is 7.13. The molecule has 2 aromatic carbocycles. The van der Waals surface area contributed by atoms with Crippen molar-refractivity contribution in [3.05, 3.63) is 58.1 Å². The minimum atomic E-state index is 0.0673. The first kappa shape index (κ1) is 11.6. The molecule has 0 amide bonds. The molecule has 0 aromatic heterocycles. The van der Waals surface area contributed by atoms with Crippen molar-refractivity contribution in [3.63, 3.8) is 0 Å². The van der Waals surface area contributed by atoms with Gasteiger partial charge in [0.25, 0.3) is 0 Å². The quantitative estimate of drug-likeness (QED) is 0.848. The van der Waals surface area contributed by atoms with Crippen molar-refractivity contribution < 1.29 is 4.74 Å². The molecule has 1 unspecified atom stereocenters. The molecule has 0 radical (unpaired) electrons. The third kappa shape index (κ3) is 2.23. The molecule has 3 rings (SSSR count). The van der Waals surface area contributed by atoms with Gasteiger partial charge in [0.15, 0.2) is 0 Å². The fourth-order valence-corrected chi connectivity index (χ4v) is 2.59. The van der Waals surface area contributed by atoms with Gasteiger partial charge in [-0.3, -0.25) is 0 Å². The minimum absolute atomic E-state index is 0.0673. The summed E-state index contributed by atoms with van der Waals surface area (Å²) in [5.41, 5.74) is 3.51. The smallest absolute Gasteiger partial charge is 0.143 e. The molecular formula is C15H14BrNO. The number of aryl methyl sites for hydroxylation is 1. The number of ether oxygens (including phenoxy) is 1. The van der Waals surface area contributed by atoms with Gasteiger partial charge < -0.3 is 10.1 Å². The molecule has 0 fully saturated rings. The molecule has 3 heteroatoms. The van der Waals surface area contributed by atoms with Crippen LogP contribution in [0.2, 0.25) is 0 Å². The highest BCUT2D eigenvalue weighted by Gasteiger charge is 2.20. The van der Waals surface area contributed by atoms with Gasteiger partial charge in [0.1, 0.15) is 11.9 Å². The Morgan fingerprint density at radius 1 is 1.22 bits per heavy atom. The molecule has 1 heterocycles. The molecule has 2 nitrogen and oxygen atoms in total. The Morgan fingerprint density at radius 2 is 2.11 bits per heavy atom. The van der Waals surface area contributed by atoms with E-state index in [-0.39, 0.29) is 6.10 Å². The molecular weight excluding hydrogens is 290 g/mol. The summed E-state index contributed by atoms with van der Waals surface area (Å²) in [5.74, 6) is 0.928. The van der Waals surface area contributed by atoms with E-state index in [4.69, 9.17) is 4.74 Å². The maximum Gasteiger partial charge on any atom is 0.143 e. The van der Waals surface area contributed by atoms with Gasteiger partial charge in [-0.1, -0.05) is 34.1 Å². The molecule has 0 saturated carbocycles. The van der Waals surface area contributed by atoms with Gasteiger partial charge >= 0.3 is 0 Å². The van der Waals surface area contributed by atoms with Gasteiger partial charge in [-0.2, -0.15) is 0 Å². The van der Waals surface area contributed by atoms with E-state index in [9.17, 15) is 0 Å². The standard InChI is InChI=1S/C15H14BrNO/c1-10-5-6-14-13(7-10)17-9-15(18-14)11-3-2-4-12(16)8-11/h2-8,15,17H,9H2,1H3. The molecule has 92 valence electrons. The number of hydrogen-bond acceptors (Lipinski definition) is 2. The Balaban J connectivity index is 1.89. The first-order valence-corrected chi connectivity index (χ1v) is 6.78. The largest absolute Gasteiger partial charge is 0.482 e. The van der Waals surface area contributed by atoms with Crippen molar-refractivity contribution in [2.75, 3.05) is 11.9 Å². The van der Waals surface area contributed by atoms with E-state index in [1.54, 1.807) is 0 Å². The number of rotatable bonds is 1. The summed E-state index contributed by atoms with van der Waals surface area (Å²) >= 11 is 3.49. The van der Waals surface area contributed by atoms with Crippen molar-refractivity contribution in [1.82, 2.24) is 0 Å². The molecule has 1 aliphatic rings. The lowest BCUT2D eigenvalue weighted by Crippen LogP contribution is -2.23. The number of anilines is 1. The van der Waals surface area contributed by atoms with Gasteiger partial charge in [-0.05, 0) is 42.3 Å². The van der Waals surface area contributed by atoms with Crippen LogP contribution < -0.4 is 10.1 Å². The third-order valence-electron chi connectivity index (χ3n) is 3.10. The predicted octanol–water partition coefficient (Wildman–Crippen LogP) is 4.30. The second kappa shape index (κ2) is 4.65. The Bertz CT molecular complexity index is 582. The second-order valence-electron chi connectivity index (χ2n) is 4.54. The third-order valence-corrected chi connectivity index (χ3v) is 3.60. The first-order chi connectivity index (χ1) is 8.72. The molecule has 0 aliphatic carbocycles. The average molecular weight is 304 g/mol. The van der Waals surface area contributed by atoms with Crippen LogP contribution in [0.3, 0.4) is 0 Å². The van der Waals surface area contributed by atoms with E-state index in [2.05, 4.69) is 52.4 Å². The fraction of sp³-hybridized carbons (Fsp3) is 0.200. The van der Waals surface area contributed by atoms with Crippen LogP contribution in [0, 0.1) is 6.92 Å². The Hall–Kier alpha value is -1.48. The lowest BCUT2D eigenvalue weighted by atomic mass is 10.1. The molecule has 1 N–H and O–H groups in total. The van der Waals surface area contributed by atoms with Gasteiger partial charge in [0.2, 0.25) is 0 Å². The Labute approximate surface area is 115 Å². The SMILES string of the molecule is Cc1ccc2c(c1)NCC(c1cccc(Br)c1)O2. The maximum atomic E-state index is 6.04. The molecule has 1 aliphatic heterocycles. The predicted molar refractivity (Wildman–Crippen MR) is 77.2 cm³/mol. The number of nitrogens with one attached hydrogen (secondary N) is 1. The van der Waals surface area contributed by atoms with Crippen LogP contribution in [0.25, 0.3) is 0 Å². The van der Waals surface area contributed by atoms with E-state index in [0.29, 0.717) is 0 Å². The highest BCUT2D eigenvalue weighted by atomic mass is 79.9. The van der Waals surface area contributed by atoms with E-state index < -0.39 is 0 Å². The topological polar surface area (TPSA) is 21.3 Å². The lowest BCUT2D eigenvalue weighted by molar-refractivity contribution is 0.210. The molecule has 2 aromatic rings. The lowest BCUT2D eigenvalue weighted by Gasteiger charge is -2.28. The van der Waals surface area contributed by atoms with Crippen molar-refractivity contribution in [2.45, 2.75) is 13.0 Å². The molecule has 0 bridgehead atoms. The zero-order valence-corrected chi connectivity index (χ0v) is 11.7. The van der Waals surface area contributed by atoms with Crippen LogP contribution in [0.4, 0.5) is 5.69 Å². The van der Waals surface area contributed by atoms with Crippen LogP contribution in [0.1, 0.15) is 17.2 Å². The summed E-state index contributed by atoms with van der Waals surface area (Å²) in [5, 5.41) is 3.43. The summed E-state index contributed by atoms with van der Waals surface area (Å²) in [7, 11) is 0. The van der Waals surface area contributed by atoms with Gasteiger partial charge in [0, 0.05) is 4.47 Å². The Morgan fingerprint density at radius 3 is 2.94 bits per heavy atom. The van der Waals surface area contributed by atoms with E-state index in [0.717, 1.165) is 22.5 Å². The minimum Gasteiger partial charge on any atom is -0.482 e. The molecule has 0 spiro atoms.